The average Bonchev–Trinajstić information content (AvgIpc) is 1.51. The molecule has 604 valence electrons. The topological polar surface area (TPSA) is 524 Å². The van der Waals surface area contributed by atoms with Gasteiger partial charge in [-0.2, -0.15) is 9.78 Å². The number of nitrogens with one attached hydrogen (secondary N) is 6. The molecular weight excluding hydrogens is 1520 g/mol. The van der Waals surface area contributed by atoms with Gasteiger partial charge in [-0.1, -0.05) is 19.1 Å². The summed E-state index contributed by atoms with van der Waals surface area (Å²) in [5.41, 5.74) is -4.05. The van der Waals surface area contributed by atoms with Crippen LogP contribution in [0.15, 0.2) is 64.4 Å². The van der Waals surface area contributed by atoms with Crippen LogP contribution in [0.2, 0.25) is 0 Å². The Balaban J connectivity index is 0.000000209. The van der Waals surface area contributed by atoms with Gasteiger partial charge in [0.25, 0.3) is 16.7 Å². The van der Waals surface area contributed by atoms with Gasteiger partial charge in [0.15, 0.2) is 18.7 Å². The molecule has 41 heteroatoms. The molecule has 0 saturated carbocycles. The average molecular weight is 1630 g/mol. The summed E-state index contributed by atoms with van der Waals surface area (Å²) >= 11 is 4.87. The SMILES string of the molecule is C=P(C)(C)CC[C@H]1O[C@@H](N2CC(C)C(=O)NC2=O)[C@H](O)[C@@H]1O.C=P(C)(C)CC[C@H]1O[C@@H](c2c[nH]c(=O)[nH]c2=O)[C@H](O)[C@@H]1O.C=P(C)(C)CC[C@H]1O[C@@H](c2cn(C)c(=O)[nH]c2=O)[C@H](O)[C@@H]1O.C=P(C)(C)CC[C@H]1O[C@@H](n2ccc(=S)[nH]c2=O)[C@H](O)[C@@H]1O.C=P(C)(C)CC[C@H]1O[C@@H](n2ncc(=O)[nH]c2=O)[C@H](O)[C@@H]1O. The lowest BCUT2D eigenvalue weighted by Crippen LogP contribution is -2.59. The van der Waals surface area contributed by atoms with Crippen LogP contribution >= 0.6 is 46.6 Å². The van der Waals surface area contributed by atoms with Gasteiger partial charge in [-0.15, -0.1) is 65.9 Å². The molecule has 10 rings (SSSR count). The van der Waals surface area contributed by atoms with Gasteiger partial charge >= 0.3 is 28.8 Å². The minimum Gasteiger partial charge on any atom is -0.388 e. The number of nitrogens with zero attached hydrogens (tertiary/aromatic N) is 5. The van der Waals surface area contributed by atoms with Gasteiger partial charge in [0.05, 0.1) is 47.6 Å². The van der Waals surface area contributed by atoms with Crippen LogP contribution in [0.1, 0.15) is 74.8 Å². The van der Waals surface area contributed by atoms with E-state index in [0.29, 0.717) is 36.7 Å². The van der Waals surface area contributed by atoms with Crippen molar-refractivity contribution in [2.24, 2.45) is 13.0 Å². The molecule has 35 nitrogen and oxygen atoms in total. The predicted octanol–water partition coefficient (Wildman–Crippen LogP) is -2.35. The Bertz CT molecular complexity index is 4220. The first kappa shape index (κ1) is 90.8. The number of carbonyl (C=O) groups is 2. The van der Waals surface area contributed by atoms with Crippen LogP contribution in [0, 0.1) is 10.6 Å². The maximum absolute atomic E-state index is 11.9. The number of aliphatic hydroxyl groups excluding tert-OH is 10. The van der Waals surface area contributed by atoms with Crippen LogP contribution in [0.3, 0.4) is 0 Å². The molecule has 6 aliphatic rings. The third-order valence-corrected chi connectivity index (χ3v) is 25.8. The molecule has 107 heavy (non-hydrogen) atoms. The highest BCUT2D eigenvalue weighted by Crippen LogP contribution is 2.44. The zero-order valence-corrected chi connectivity index (χ0v) is 67.7. The van der Waals surface area contributed by atoms with Gasteiger partial charge in [0.1, 0.15) is 84.1 Å². The number of aromatic nitrogens is 9. The molecule has 0 bridgehead atoms. The summed E-state index contributed by atoms with van der Waals surface area (Å²) in [4.78, 5) is 116. The van der Waals surface area contributed by atoms with E-state index < -0.39 is 202 Å². The first-order chi connectivity index (χ1) is 49.3. The van der Waals surface area contributed by atoms with Gasteiger partial charge in [-0.25, -0.2) is 24.0 Å². The molecule has 16 N–H and O–H groups in total. The van der Waals surface area contributed by atoms with Crippen molar-refractivity contribution in [1.82, 2.24) is 54.1 Å². The molecule has 6 fully saturated rings. The van der Waals surface area contributed by atoms with E-state index in [4.69, 9.17) is 35.9 Å². The number of ether oxygens (including phenoxy) is 5. The Hall–Kier alpha value is -5.09. The third-order valence-electron chi connectivity index (χ3n) is 18.2. The zero-order valence-electron chi connectivity index (χ0n) is 62.4. The zero-order chi connectivity index (χ0) is 80.7. The van der Waals surface area contributed by atoms with Crippen LogP contribution in [0.4, 0.5) is 4.79 Å². The van der Waals surface area contributed by atoms with Crippen molar-refractivity contribution in [2.45, 2.75) is 161 Å². The van der Waals surface area contributed by atoms with Crippen molar-refractivity contribution in [3.8, 4) is 0 Å². The molecule has 0 radical (unpaired) electrons. The number of amides is 3. The van der Waals surface area contributed by atoms with Crippen LogP contribution in [0.5, 0.6) is 0 Å². The quantitative estimate of drug-likeness (QED) is 0.0325. The van der Waals surface area contributed by atoms with Crippen LogP contribution < -0.4 is 44.8 Å². The number of aryl methyl sites for hydroxylation is 1. The summed E-state index contributed by atoms with van der Waals surface area (Å²) < 4.78 is 31.9. The molecule has 4 aromatic heterocycles. The van der Waals surface area contributed by atoms with Crippen molar-refractivity contribution < 1.29 is 84.3 Å². The van der Waals surface area contributed by atoms with E-state index in [2.05, 4.69) is 128 Å². The largest absolute Gasteiger partial charge is 0.388 e. The number of carbonyl (C=O) groups excluding carboxylic acids is 2. The van der Waals surface area contributed by atoms with E-state index in [1.54, 1.807) is 6.92 Å². The summed E-state index contributed by atoms with van der Waals surface area (Å²) in [6.07, 6.45) is 13.6. The number of aromatic amines is 5. The van der Waals surface area contributed by atoms with Gasteiger partial charge in [-0.05, 0) is 136 Å². The number of urea groups is 1. The minimum absolute atomic E-state index is 0.104. The van der Waals surface area contributed by atoms with Gasteiger partial charge in [-0.3, -0.25) is 53.9 Å². The predicted molar refractivity (Wildman–Crippen MR) is 423 cm³/mol. The summed E-state index contributed by atoms with van der Waals surface area (Å²) in [6, 6.07) is 0.946. The normalized spacial score (nSPS) is 31.0. The monoisotopic (exact) mass is 1630 g/mol. The molecule has 6 aliphatic heterocycles. The fraction of sp³-hybridized carbons (Fsp3) is 0.667. The smallest absolute Gasteiger partial charge is 0.347 e. The second kappa shape index (κ2) is 37.5. The lowest BCUT2D eigenvalue weighted by Gasteiger charge is -2.35. The number of hydrogen-bond acceptors (Lipinski definition) is 26. The number of hydrogen-bond donors (Lipinski definition) is 16. The van der Waals surface area contributed by atoms with E-state index in [0.717, 1.165) is 41.7 Å². The highest BCUT2D eigenvalue weighted by molar-refractivity contribution is 7.73. The summed E-state index contributed by atoms with van der Waals surface area (Å²) in [7, 11) is 1.49. The fourth-order valence-corrected chi connectivity index (χ4v) is 16.9. The highest BCUT2D eigenvalue weighted by atomic mass is 32.1. The van der Waals surface area contributed by atoms with Crippen molar-refractivity contribution in [1.29, 1.82) is 0 Å². The molecule has 21 atom stereocenters. The second-order valence-electron chi connectivity index (χ2n) is 31.3. The Morgan fingerprint density at radius 3 is 1.32 bits per heavy atom. The Morgan fingerprint density at radius 2 is 0.888 bits per heavy atom. The summed E-state index contributed by atoms with van der Waals surface area (Å²) in [6.45, 7) is 16.4. The Kier molecular flexibility index (Phi) is 31.8. The summed E-state index contributed by atoms with van der Waals surface area (Å²) in [5.74, 6) is -0.719. The fourth-order valence-electron chi connectivity index (χ4n) is 12.0. The van der Waals surface area contributed by atoms with Gasteiger partial charge in [0.2, 0.25) is 5.91 Å². The molecule has 4 aromatic rings. The molecule has 3 amide bonds. The maximum Gasteiger partial charge on any atom is 0.347 e. The first-order valence-electron chi connectivity index (χ1n) is 34.4. The first-order valence-corrected chi connectivity index (χ1v) is 50.1. The Morgan fingerprint density at radius 1 is 0.495 bits per heavy atom. The highest BCUT2D eigenvalue weighted by Gasteiger charge is 2.50. The van der Waals surface area contributed by atoms with Crippen LogP contribution in [0.25, 0.3) is 0 Å². The van der Waals surface area contributed by atoms with E-state index in [1.165, 1.54) is 45.7 Å². The van der Waals surface area contributed by atoms with Crippen molar-refractivity contribution >= 4 is 90.1 Å². The van der Waals surface area contributed by atoms with Crippen molar-refractivity contribution in [3.63, 3.8) is 0 Å². The molecule has 0 aromatic carbocycles. The maximum atomic E-state index is 11.9. The molecule has 0 aliphatic carbocycles. The molecule has 0 spiro atoms. The number of imide groups is 1. The van der Waals surface area contributed by atoms with E-state index in [-0.39, 0.29) is 29.5 Å². The van der Waals surface area contributed by atoms with Crippen molar-refractivity contribution in [3.05, 3.63) is 120 Å². The molecule has 1 unspecified atom stereocenters. The van der Waals surface area contributed by atoms with Crippen molar-refractivity contribution in [2.75, 3.05) is 104 Å². The summed E-state index contributed by atoms with van der Waals surface area (Å²) in [5, 5.41) is 107. The van der Waals surface area contributed by atoms with E-state index >= 15 is 0 Å². The third kappa shape index (κ3) is 25.7. The van der Waals surface area contributed by atoms with E-state index in [1.807, 2.05) is 4.98 Å². The van der Waals surface area contributed by atoms with Gasteiger partial charge in [0, 0.05) is 32.2 Å². The van der Waals surface area contributed by atoms with E-state index in [9.17, 15) is 94.2 Å². The van der Waals surface area contributed by atoms with Gasteiger partial charge < -0.3 is 84.3 Å². The van der Waals surface area contributed by atoms with Crippen LogP contribution in [-0.2, 0) is 35.5 Å². The molecular formula is C66H110N11O24P5S. The van der Waals surface area contributed by atoms with Crippen LogP contribution in [-0.4, -0.2) is 345 Å². The number of aliphatic hydroxyl groups is 10. The lowest BCUT2D eigenvalue weighted by atomic mass is 10.0. The molecule has 10 heterocycles. The minimum atomic E-state index is -1.28. The Labute approximate surface area is 623 Å². The lowest BCUT2D eigenvalue weighted by molar-refractivity contribution is -0.130. The number of rotatable bonds is 20. The second-order valence-corrected chi connectivity index (χ2v) is 53.3. The molecule has 6 saturated heterocycles. The number of H-pyrrole nitrogens is 5. The standard InChI is InChI=1S/C14H23N2O5P.C14H25N2O5P.C13H21N2O5P.C13H21N2O4PS.C12H20N3O5P/c1-16-7-8(13(19)15-14(16)20)12-11(18)10(17)9(21-12)5-6-22(2,3)4;1-8-7-16(14(20)15-12(8)19)13-11(18)10(17)9(21-13)5-6-22(2,3)4;1-21(2,3)5-4-8-9(16)10(17)11(20-8)7-6-14-13(19)15-12(7)18;1-20(2,3)7-5-8-10(16)11(17)12(19-8)15-6-4-9(21)14-13(15)18;1-21(2,3)5-4-7-9(17)10(18)11(20-7)15-12(19)14-8(16)6-13-15/h7,9-12,17-18H,2,5-6H2,1,3-4H3,(H,15,19,20);8-11,13,17-18H,2,5-7H2,1,3-4H3,(H,15,19,20);6,8-11,16-17H,1,4-5H2,2-3H3,(H2,14,15,18,19);4,6,8,10-12,16-17H,1,5,7H2,2-3H3,(H,14,18,21);6-7,9-11,17-18H,1,4-5H2,2-3H3,(H,14,16,19)/t9-,10-,11-,12+;8?,9-,10-,11-,13-;8-,9-,10-,11+;8-,10-,11-,12-;7-,9-,10-,11-/m11111/s1.